The third kappa shape index (κ3) is 2.03. The van der Waals surface area contributed by atoms with Crippen molar-refractivity contribution in [1.82, 2.24) is 9.55 Å². The summed E-state index contributed by atoms with van der Waals surface area (Å²) in [6.07, 6.45) is 6.49. The zero-order valence-electron chi connectivity index (χ0n) is 11.8. The normalized spacial score (nSPS) is 18.0. The van der Waals surface area contributed by atoms with Crippen LogP contribution >= 0.6 is 0 Å². The summed E-state index contributed by atoms with van der Waals surface area (Å²) >= 11 is 0. The molecule has 1 heterocycles. The molecule has 4 nitrogen and oxygen atoms in total. The van der Waals surface area contributed by atoms with E-state index in [1.807, 2.05) is 12.1 Å². The maximum Gasteiger partial charge on any atom is 0.201 e. The molecule has 4 heteroatoms. The second-order valence-corrected chi connectivity index (χ2v) is 5.76. The van der Waals surface area contributed by atoms with Gasteiger partial charge >= 0.3 is 0 Å². The maximum absolute atomic E-state index is 9.18. The molecule has 2 aromatic rings. The number of fused-ring (bicyclic) bond motifs is 1. The van der Waals surface area contributed by atoms with Crippen molar-refractivity contribution in [3.05, 3.63) is 23.8 Å². The molecule has 20 heavy (non-hydrogen) atoms. The summed E-state index contributed by atoms with van der Waals surface area (Å²) < 4.78 is 2.12. The average molecular weight is 268 g/mol. The van der Waals surface area contributed by atoms with Crippen LogP contribution in [-0.2, 0) is 0 Å². The van der Waals surface area contributed by atoms with Gasteiger partial charge in [0.15, 0.2) is 0 Å². The lowest BCUT2D eigenvalue weighted by atomic mass is 9.84. The van der Waals surface area contributed by atoms with Crippen LogP contribution in [0.3, 0.4) is 0 Å². The number of nitrogens with two attached hydrogens (primary N) is 1. The molecule has 0 aliphatic heterocycles. The Bertz CT molecular complexity index is 659. The van der Waals surface area contributed by atoms with Gasteiger partial charge in [-0.1, -0.05) is 25.3 Å². The van der Waals surface area contributed by atoms with Gasteiger partial charge in [-0.3, -0.25) is 0 Å². The fourth-order valence-corrected chi connectivity index (χ4v) is 3.48. The van der Waals surface area contributed by atoms with Crippen molar-refractivity contribution >= 4 is 17.0 Å². The molecule has 104 valence electrons. The fourth-order valence-electron chi connectivity index (χ4n) is 3.48. The van der Waals surface area contributed by atoms with Crippen LogP contribution in [0, 0.1) is 17.2 Å². The van der Waals surface area contributed by atoms with E-state index in [0.29, 0.717) is 23.5 Å². The van der Waals surface area contributed by atoms with Crippen molar-refractivity contribution in [3.63, 3.8) is 0 Å². The van der Waals surface area contributed by atoms with E-state index in [2.05, 4.69) is 22.5 Å². The molecule has 1 aromatic heterocycles. The van der Waals surface area contributed by atoms with Crippen LogP contribution in [0.25, 0.3) is 11.0 Å². The third-order valence-corrected chi connectivity index (χ3v) is 4.61. The first-order valence-corrected chi connectivity index (χ1v) is 7.39. The topological polar surface area (TPSA) is 67.6 Å². The van der Waals surface area contributed by atoms with Crippen molar-refractivity contribution in [3.8, 4) is 6.07 Å². The quantitative estimate of drug-likeness (QED) is 0.904. The van der Waals surface area contributed by atoms with Gasteiger partial charge < -0.3 is 10.3 Å². The molecule has 0 radical (unpaired) electrons. The van der Waals surface area contributed by atoms with Gasteiger partial charge in [-0.25, -0.2) is 4.98 Å². The van der Waals surface area contributed by atoms with Crippen LogP contribution in [0.2, 0.25) is 0 Å². The number of imidazole rings is 1. The second kappa shape index (κ2) is 5.16. The highest BCUT2D eigenvalue weighted by Gasteiger charge is 2.24. The summed E-state index contributed by atoms with van der Waals surface area (Å²) in [6.45, 7) is 2.23. The molecule has 1 atom stereocenters. The summed E-state index contributed by atoms with van der Waals surface area (Å²) in [7, 11) is 0. The Labute approximate surface area is 119 Å². The summed E-state index contributed by atoms with van der Waals surface area (Å²) in [5, 5.41) is 9.18. The minimum atomic E-state index is 0.342. The van der Waals surface area contributed by atoms with Crippen molar-refractivity contribution in [2.45, 2.75) is 45.1 Å². The number of rotatable bonds is 2. The molecule has 2 N–H and O–H groups in total. The van der Waals surface area contributed by atoms with Crippen LogP contribution < -0.4 is 5.73 Å². The summed E-state index contributed by atoms with van der Waals surface area (Å²) in [4.78, 5) is 4.42. The summed E-state index contributed by atoms with van der Waals surface area (Å²) in [6, 6.07) is 8.26. The van der Waals surface area contributed by atoms with Crippen LogP contribution in [0.15, 0.2) is 18.2 Å². The van der Waals surface area contributed by atoms with Gasteiger partial charge in [-0.2, -0.15) is 5.26 Å². The predicted octanol–water partition coefficient (Wildman–Crippen LogP) is 3.63. The number of hydrogen-bond acceptors (Lipinski definition) is 3. The van der Waals surface area contributed by atoms with E-state index in [9.17, 15) is 5.26 Å². The number of para-hydroxylation sites is 1. The molecule has 3 rings (SSSR count). The first-order valence-electron chi connectivity index (χ1n) is 7.39. The standard InChI is InChI=1S/C16H20N4/c1-11(12-6-3-2-4-7-12)20-14-9-5-8-13(10-17)15(14)19-16(20)18/h5,8-9,11-12H,2-4,6-7H2,1H3,(H2,18,19). The second-order valence-electron chi connectivity index (χ2n) is 5.76. The zero-order valence-corrected chi connectivity index (χ0v) is 11.8. The summed E-state index contributed by atoms with van der Waals surface area (Å²) in [5.74, 6) is 1.19. The number of nitrogen functional groups attached to an aromatic ring is 1. The Morgan fingerprint density at radius 1 is 1.35 bits per heavy atom. The van der Waals surface area contributed by atoms with Crippen molar-refractivity contribution < 1.29 is 0 Å². The number of nitriles is 1. The van der Waals surface area contributed by atoms with Crippen LogP contribution in [0.1, 0.15) is 50.6 Å². The van der Waals surface area contributed by atoms with Gasteiger partial charge in [0, 0.05) is 6.04 Å². The van der Waals surface area contributed by atoms with E-state index in [1.165, 1.54) is 32.1 Å². The molecule has 1 aliphatic rings. The van der Waals surface area contributed by atoms with Gasteiger partial charge in [0.25, 0.3) is 0 Å². The molecule has 1 aromatic carbocycles. The minimum Gasteiger partial charge on any atom is -0.369 e. The van der Waals surface area contributed by atoms with E-state index >= 15 is 0 Å². The molecular formula is C16H20N4. The zero-order chi connectivity index (χ0) is 14.1. The molecule has 1 saturated carbocycles. The predicted molar refractivity (Wildman–Crippen MR) is 80.1 cm³/mol. The lowest BCUT2D eigenvalue weighted by Crippen LogP contribution is -2.20. The Morgan fingerprint density at radius 3 is 2.80 bits per heavy atom. The fraction of sp³-hybridized carbons (Fsp3) is 0.500. The molecule has 1 unspecified atom stereocenters. The molecule has 0 amide bonds. The highest BCUT2D eigenvalue weighted by atomic mass is 15.2. The van der Waals surface area contributed by atoms with Crippen LogP contribution in [0.4, 0.5) is 5.95 Å². The average Bonchev–Trinajstić information content (AvgIpc) is 2.83. The number of anilines is 1. The first-order chi connectivity index (χ1) is 9.72. The van der Waals surface area contributed by atoms with E-state index in [4.69, 9.17) is 5.73 Å². The van der Waals surface area contributed by atoms with E-state index < -0.39 is 0 Å². The Morgan fingerprint density at radius 2 is 2.10 bits per heavy atom. The monoisotopic (exact) mass is 268 g/mol. The lowest BCUT2D eigenvalue weighted by molar-refractivity contribution is 0.269. The molecule has 0 saturated heterocycles. The van der Waals surface area contributed by atoms with Gasteiger partial charge in [-0.05, 0) is 37.8 Å². The maximum atomic E-state index is 9.18. The number of nitrogens with zero attached hydrogens (tertiary/aromatic N) is 3. The Balaban J connectivity index is 2.07. The first kappa shape index (κ1) is 13.0. The highest BCUT2D eigenvalue weighted by molar-refractivity contribution is 5.84. The molecule has 1 fully saturated rings. The lowest BCUT2D eigenvalue weighted by Gasteiger charge is -2.29. The molecule has 0 bridgehead atoms. The van der Waals surface area contributed by atoms with Crippen LogP contribution in [-0.4, -0.2) is 9.55 Å². The minimum absolute atomic E-state index is 0.342. The number of benzene rings is 1. The number of hydrogen-bond donors (Lipinski definition) is 1. The largest absolute Gasteiger partial charge is 0.369 e. The van der Waals surface area contributed by atoms with Crippen molar-refractivity contribution in [2.24, 2.45) is 5.92 Å². The van der Waals surface area contributed by atoms with Crippen LogP contribution in [0.5, 0.6) is 0 Å². The summed E-state index contributed by atoms with van der Waals surface area (Å²) in [5.41, 5.74) is 8.45. The van der Waals surface area contributed by atoms with Gasteiger partial charge in [0.1, 0.15) is 11.6 Å². The molecular weight excluding hydrogens is 248 g/mol. The van der Waals surface area contributed by atoms with Gasteiger partial charge in [0.05, 0.1) is 11.1 Å². The SMILES string of the molecule is CC(C1CCCCC1)n1c(N)nc2c(C#N)cccc21. The number of aromatic nitrogens is 2. The molecule has 0 spiro atoms. The van der Waals surface area contributed by atoms with Crippen molar-refractivity contribution in [2.75, 3.05) is 5.73 Å². The van der Waals surface area contributed by atoms with Gasteiger partial charge in [-0.15, -0.1) is 0 Å². The Hall–Kier alpha value is -2.02. The van der Waals surface area contributed by atoms with Crippen molar-refractivity contribution in [1.29, 1.82) is 5.26 Å². The van der Waals surface area contributed by atoms with E-state index in [0.717, 1.165) is 11.0 Å². The van der Waals surface area contributed by atoms with E-state index in [-0.39, 0.29) is 0 Å². The highest BCUT2D eigenvalue weighted by Crippen LogP contribution is 2.36. The van der Waals surface area contributed by atoms with E-state index in [1.54, 1.807) is 6.07 Å². The third-order valence-electron chi connectivity index (χ3n) is 4.61. The molecule has 1 aliphatic carbocycles. The van der Waals surface area contributed by atoms with Gasteiger partial charge in [0.2, 0.25) is 5.95 Å². The smallest absolute Gasteiger partial charge is 0.201 e. The Kier molecular flexibility index (Phi) is 3.35.